The van der Waals surface area contributed by atoms with Gasteiger partial charge in [0.25, 0.3) is 5.91 Å². The Hall–Kier alpha value is -3.01. The van der Waals surface area contributed by atoms with Crippen LogP contribution in [0, 0.1) is 6.92 Å². The van der Waals surface area contributed by atoms with Crippen LogP contribution in [0.4, 0.5) is 0 Å². The summed E-state index contributed by atoms with van der Waals surface area (Å²) in [6.45, 7) is 2.00. The summed E-state index contributed by atoms with van der Waals surface area (Å²) in [6, 6.07) is 19.3. The standard InChI is InChI=1S/C19H17N3O/c1-14-7-5-6-10-16(14)13-18(23)21-17-11-12-20-22-19(17)15-8-3-2-4-9-15/h2-12H,13H2,1H3,(H,20,21,23). The topological polar surface area (TPSA) is 58.1 Å². The smallest absolute Gasteiger partial charge is 0.250 e. The van der Waals surface area contributed by atoms with E-state index in [-0.39, 0.29) is 5.91 Å². The number of hydrogen-bond donors (Lipinski definition) is 1. The zero-order valence-electron chi connectivity index (χ0n) is 12.9. The van der Waals surface area contributed by atoms with Crippen LogP contribution in [-0.2, 0) is 11.2 Å². The molecular formula is C19H17N3O. The number of aryl methyl sites for hydroxylation is 1. The molecule has 0 aliphatic carbocycles. The van der Waals surface area contributed by atoms with Gasteiger partial charge in [-0.1, -0.05) is 54.6 Å². The molecule has 3 rings (SSSR count). The molecule has 0 aliphatic heterocycles. The zero-order valence-corrected chi connectivity index (χ0v) is 12.9. The molecule has 0 radical (unpaired) electrons. The molecular weight excluding hydrogens is 286 g/mol. The molecule has 1 N–H and O–H groups in total. The second kappa shape index (κ2) is 6.83. The van der Waals surface area contributed by atoms with Crippen LogP contribution in [0.2, 0.25) is 0 Å². The Balaban J connectivity index is 1.94. The minimum atomic E-state index is -0.176. The van der Waals surface area contributed by atoms with Gasteiger partial charge in [0.2, 0.25) is 0 Å². The fraction of sp³-hybridized carbons (Fsp3) is 0.105. The van der Waals surface area contributed by atoms with Gasteiger partial charge in [0.1, 0.15) is 5.69 Å². The highest BCUT2D eigenvalue weighted by atomic mass is 16.1. The Morgan fingerprint density at radius 2 is 1.78 bits per heavy atom. The van der Waals surface area contributed by atoms with Crippen LogP contribution in [0.1, 0.15) is 11.1 Å². The predicted octanol–water partition coefficient (Wildman–Crippen LogP) is 3.06. The summed E-state index contributed by atoms with van der Waals surface area (Å²) < 4.78 is 0. The van der Waals surface area contributed by atoms with Gasteiger partial charge in [0, 0.05) is 11.8 Å². The summed E-state index contributed by atoms with van der Waals surface area (Å²) in [7, 11) is 0. The fourth-order valence-corrected chi connectivity index (χ4v) is 2.40. The fourth-order valence-electron chi connectivity index (χ4n) is 2.40. The Morgan fingerprint density at radius 1 is 1.04 bits per heavy atom. The molecule has 0 saturated heterocycles. The molecule has 0 atom stereocenters. The molecule has 4 heteroatoms. The van der Waals surface area contributed by atoms with Gasteiger partial charge < -0.3 is 0 Å². The van der Waals surface area contributed by atoms with E-state index < -0.39 is 0 Å². The van der Waals surface area contributed by atoms with Gasteiger partial charge in [-0.25, -0.2) is 4.99 Å². The average Bonchev–Trinajstić information content (AvgIpc) is 2.58. The third kappa shape index (κ3) is 3.61. The van der Waals surface area contributed by atoms with Crippen molar-refractivity contribution < 1.29 is 4.79 Å². The number of benzene rings is 2. The lowest BCUT2D eigenvalue weighted by Crippen LogP contribution is -2.13. The number of amides is 1. The summed E-state index contributed by atoms with van der Waals surface area (Å²) in [5.74, 6) is -0.176. The van der Waals surface area contributed by atoms with Crippen molar-refractivity contribution >= 4 is 5.91 Å². The normalized spacial score (nSPS) is 11.4. The quantitative estimate of drug-likeness (QED) is 0.808. The van der Waals surface area contributed by atoms with Gasteiger partial charge in [-0.15, -0.1) is 0 Å². The highest BCUT2D eigenvalue weighted by Gasteiger charge is 2.07. The number of carbonyl (C=O) groups excluding carboxylic acids is 1. The van der Waals surface area contributed by atoms with Gasteiger partial charge in [0.05, 0.1) is 11.8 Å². The largest absolute Gasteiger partial charge is 0.285 e. The van der Waals surface area contributed by atoms with Crippen molar-refractivity contribution in [3.8, 4) is 11.3 Å². The van der Waals surface area contributed by atoms with Crippen LogP contribution >= 0.6 is 0 Å². The zero-order chi connectivity index (χ0) is 16.1. The van der Waals surface area contributed by atoms with Crippen molar-refractivity contribution in [2.24, 2.45) is 4.99 Å². The SMILES string of the molecule is Cc1ccccc1CC(=O)/N=c1/cc[nH]nc1-c1ccccc1. The first-order valence-corrected chi connectivity index (χ1v) is 7.45. The monoisotopic (exact) mass is 303 g/mol. The molecule has 0 aliphatic rings. The number of nitrogens with zero attached hydrogens (tertiary/aromatic N) is 2. The summed E-state index contributed by atoms with van der Waals surface area (Å²) in [4.78, 5) is 16.6. The van der Waals surface area contributed by atoms with E-state index in [9.17, 15) is 4.79 Å². The molecule has 114 valence electrons. The lowest BCUT2D eigenvalue weighted by Gasteiger charge is -2.03. The predicted molar refractivity (Wildman–Crippen MR) is 89.5 cm³/mol. The van der Waals surface area contributed by atoms with E-state index in [0.717, 1.165) is 16.7 Å². The first kappa shape index (κ1) is 14.9. The molecule has 4 nitrogen and oxygen atoms in total. The Kier molecular flexibility index (Phi) is 4.43. The van der Waals surface area contributed by atoms with Gasteiger partial charge >= 0.3 is 0 Å². The molecule has 1 heterocycles. The molecule has 0 bridgehead atoms. The first-order chi connectivity index (χ1) is 11.2. The number of aromatic amines is 1. The molecule has 0 saturated carbocycles. The third-order valence-corrected chi connectivity index (χ3v) is 3.63. The van der Waals surface area contributed by atoms with Crippen LogP contribution < -0.4 is 5.36 Å². The van der Waals surface area contributed by atoms with Gasteiger partial charge in [-0.3, -0.25) is 9.89 Å². The maximum Gasteiger partial charge on any atom is 0.250 e. The number of carbonyl (C=O) groups is 1. The van der Waals surface area contributed by atoms with E-state index >= 15 is 0 Å². The number of aromatic nitrogens is 2. The highest BCUT2D eigenvalue weighted by molar-refractivity contribution is 5.80. The van der Waals surface area contributed by atoms with E-state index in [1.165, 1.54) is 0 Å². The van der Waals surface area contributed by atoms with E-state index in [4.69, 9.17) is 0 Å². The maximum atomic E-state index is 12.3. The second-order valence-electron chi connectivity index (χ2n) is 5.28. The number of nitrogens with one attached hydrogen (secondary N) is 1. The number of H-pyrrole nitrogens is 1. The molecule has 0 fully saturated rings. The van der Waals surface area contributed by atoms with Crippen molar-refractivity contribution in [2.75, 3.05) is 0 Å². The van der Waals surface area contributed by atoms with Crippen LogP contribution in [0.15, 0.2) is 71.9 Å². The van der Waals surface area contributed by atoms with Crippen molar-refractivity contribution in [1.82, 2.24) is 10.2 Å². The molecule has 23 heavy (non-hydrogen) atoms. The van der Waals surface area contributed by atoms with E-state index in [0.29, 0.717) is 17.5 Å². The number of hydrogen-bond acceptors (Lipinski definition) is 2. The van der Waals surface area contributed by atoms with E-state index in [2.05, 4.69) is 15.2 Å². The van der Waals surface area contributed by atoms with E-state index in [1.54, 1.807) is 12.3 Å². The summed E-state index contributed by atoms with van der Waals surface area (Å²) in [5.41, 5.74) is 3.69. The molecule has 1 amide bonds. The Bertz CT molecular complexity index is 882. The minimum Gasteiger partial charge on any atom is -0.285 e. The lowest BCUT2D eigenvalue weighted by atomic mass is 10.1. The lowest BCUT2D eigenvalue weighted by molar-refractivity contribution is -0.117. The molecule has 1 aromatic heterocycles. The molecule has 2 aromatic carbocycles. The van der Waals surface area contributed by atoms with Crippen molar-refractivity contribution in [3.63, 3.8) is 0 Å². The second-order valence-corrected chi connectivity index (χ2v) is 5.28. The van der Waals surface area contributed by atoms with Crippen LogP contribution in [0.25, 0.3) is 11.3 Å². The van der Waals surface area contributed by atoms with Crippen molar-refractivity contribution in [2.45, 2.75) is 13.3 Å². The first-order valence-electron chi connectivity index (χ1n) is 7.45. The Morgan fingerprint density at radius 3 is 2.57 bits per heavy atom. The maximum absolute atomic E-state index is 12.3. The van der Waals surface area contributed by atoms with Gasteiger partial charge in [-0.2, -0.15) is 5.10 Å². The average molecular weight is 303 g/mol. The molecule has 0 spiro atoms. The summed E-state index contributed by atoms with van der Waals surface area (Å²) in [6.07, 6.45) is 1.96. The van der Waals surface area contributed by atoms with E-state index in [1.807, 2.05) is 61.5 Å². The molecule has 3 aromatic rings. The summed E-state index contributed by atoms with van der Waals surface area (Å²) in [5, 5.41) is 7.64. The van der Waals surface area contributed by atoms with Crippen LogP contribution in [0.5, 0.6) is 0 Å². The highest BCUT2D eigenvalue weighted by Crippen LogP contribution is 2.11. The molecule has 0 unspecified atom stereocenters. The minimum absolute atomic E-state index is 0.176. The van der Waals surface area contributed by atoms with Gasteiger partial charge in [0.15, 0.2) is 0 Å². The summed E-state index contributed by atoms with van der Waals surface area (Å²) >= 11 is 0. The van der Waals surface area contributed by atoms with Crippen LogP contribution in [-0.4, -0.2) is 16.1 Å². The number of rotatable bonds is 3. The van der Waals surface area contributed by atoms with Gasteiger partial charge in [-0.05, 0) is 24.1 Å². The third-order valence-electron chi connectivity index (χ3n) is 3.63. The Labute approximate surface area is 134 Å². The van der Waals surface area contributed by atoms with Crippen molar-refractivity contribution in [3.05, 3.63) is 83.3 Å². The van der Waals surface area contributed by atoms with Crippen LogP contribution in [0.3, 0.4) is 0 Å². The van der Waals surface area contributed by atoms with Crippen molar-refractivity contribution in [1.29, 1.82) is 0 Å².